The number of aryl methyl sites for hydroxylation is 1. The van der Waals surface area contributed by atoms with E-state index in [2.05, 4.69) is 15.3 Å². The number of nitrogens with one attached hydrogen (secondary N) is 1. The van der Waals surface area contributed by atoms with Gasteiger partial charge in [-0.1, -0.05) is 18.2 Å². The number of carbonyl (C=O) groups excluding carboxylic acids is 1. The zero-order chi connectivity index (χ0) is 21.2. The predicted octanol–water partition coefficient (Wildman–Crippen LogP) is 3.30. The number of aromatic nitrogens is 2. The van der Waals surface area contributed by atoms with Gasteiger partial charge < -0.3 is 5.32 Å². The van der Waals surface area contributed by atoms with E-state index in [0.29, 0.717) is 11.3 Å². The van der Waals surface area contributed by atoms with Crippen molar-refractivity contribution in [3.05, 3.63) is 54.0 Å². The van der Waals surface area contributed by atoms with Crippen molar-refractivity contribution in [1.29, 1.82) is 0 Å². The van der Waals surface area contributed by atoms with E-state index in [0.717, 1.165) is 6.26 Å². The molecule has 0 aliphatic heterocycles. The lowest BCUT2D eigenvalue weighted by Crippen LogP contribution is -2.16. The predicted molar refractivity (Wildman–Crippen MR) is 105 cm³/mol. The molecular weight excluding hydrogens is 400 g/mol. The molecule has 1 aromatic heterocycles. The van der Waals surface area contributed by atoms with Crippen LogP contribution in [0.25, 0.3) is 5.57 Å². The summed E-state index contributed by atoms with van der Waals surface area (Å²) in [7, 11) is -3.39. The number of alkyl halides is 2. The molecule has 0 spiro atoms. The number of nitrogens with zero attached hydrogens (tertiary/aromatic N) is 2. The smallest absolute Gasteiger partial charge is 0.257 e. The Morgan fingerprint density at radius 3 is 2.24 bits per heavy atom. The highest BCUT2D eigenvalue weighted by molar-refractivity contribution is 7.90. The average molecular weight is 421 g/mol. The fourth-order valence-electron chi connectivity index (χ4n) is 3.17. The third-order valence-corrected chi connectivity index (χ3v) is 5.84. The standard InChI is InChI=1S/C20H21F2N3O3S/c1-12-10-24-19(11-23-12)25-20(26)16(7-13-8-17(21)18(22)9-13)14-3-5-15(6-4-14)29(2,27)28/h3-7,10-11,13,17-18H,8-9H2,1-2H3,(H,24,25,26)/b16-7+. The van der Waals surface area contributed by atoms with E-state index < -0.39 is 34.0 Å². The molecule has 2 atom stereocenters. The maximum Gasteiger partial charge on any atom is 0.257 e. The Morgan fingerprint density at radius 2 is 1.72 bits per heavy atom. The molecule has 1 aromatic carbocycles. The van der Waals surface area contributed by atoms with E-state index >= 15 is 0 Å². The van der Waals surface area contributed by atoms with Crippen molar-refractivity contribution in [1.82, 2.24) is 9.97 Å². The molecule has 1 saturated carbocycles. The number of amides is 1. The van der Waals surface area contributed by atoms with Gasteiger partial charge in [-0.2, -0.15) is 0 Å². The molecular formula is C20H21F2N3O3S. The van der Waals surface area contributed by atoms with Gasteiger partial charge in [0.25, 0.3) is 5.91 Å². The molecule has 1 aliphatic rings. The molecule has 9 heteroatoms. The Kier molecular flexibility index (Phi) is 6.07. The van der Waals surface area contributed by atoms with Gasteiger partial charge >= 0.3 is 0 Å². The zero-order valence-corrected chi connectivity index (χ0v) is 16.8. The van der Waals surface area contributed by atoms with Crippen LogP contribution in [0.2, 0.25) is 0 Å². The monoisotopic (exact) mass is 421 g/mol. The van der Waals surface area contributed by atoms with Gasteiger partial charge in [0.05, 0.1) is 23.0 Å². The number of rotatable bonds is 5. The highest BCUT2D eigenvalue weighted by atomic mass is 32.2. The summed E-state index contributed by atoms with van der Waals surface area (Å²) in [5, 5.41) is 2.62. The number of benzene rings is 1. The Bertz CT molecular complexity index is 1010. The summed E-state index contributed by atoms with van der Waals surface area (Å²) in [5.74, 6) is -0.732. The lowest BCUT2D eigenvalue weighted by molar-refractivity contribution is -0.111. The Balaban J connectivity index is 1.93. The van der Waals surface area contributed by atoms with E-state index in [9.17, 15) is 22.0 Å². The lowest BCUT2D eigenvalue weighted by atomic mass is 9.98. The van der Waals surface area contributed by atoms with Gasteiger partial charge in [-0.15, -0.1) is 0 Å². The quantitative estimate of drug-likeness (QED) is 0.749. The summed E-state index contributed by atoms with van der Waals surface area (Å²) >= 11 is 0. The van der Waals surface area contributed by atoms with Gasteiger partial charge in [-0.3, -0.25) is 9.78 Å². The van der Waals surface area contributed by atoms with Crippen LogP contribution in [-0.2, 0) is 14.6 Å². The largest absolute Gasteiger partial charge is 0.305 e. The molecule has 1 fully saturated rings. The van der Waals surface area contributed by atoms with Crippen LogP contribution in [0, 0.1) is 12.8 Å². The second-order valence-electron chi connectivity index (χ2n) is 7.14. The number of hydrogen-bond donors (Lipinski definition) is 1. The minimum atomic E-state index is -3.39. The molecule has 1 heterocycles. The Hall–Kier alpha value is -2.68. The maximum absolute atomic E-state index is 13.6. The summed E-state index contributed by atoms with van der Waals surface area (Å²) in [5.41, 5.74) is 1.32. The maximum atomic E-state index is 13.6. The molecule has 29 heavy (non-hydrogen) atoms. The van der Waals surface area contributed by atoms with E-state index in [1.54, 1.807) is 13.0 Å². The summed E-state index contributed by atoms with van der Waals surface area (Å²) in [6, 6.07) is 5.78. The highest BCUT2D eigenvalue weighted by Crippen LogP contribution is 2.34. The van der Waals surface area contributed by atoms with E-state index in [1.807, 2.05) is 0 Å². The number of hydrogen-bond acceptors (Lipinski definition) is 5. The van der Waals surface area contributed by atoms with Crippen LogP contribution in [0.4, 0.5) is 14.6 Å². The molecule has 1 amide bonds. The van der Waals surface area contributed by atoms with Crippen LogP contribution in [-0.4, -0.2) is 42.9 Å². The van der Waals surface area contributed by atoms with Crippen LogP contribution in [0.5, 0.6) is 0 Å². The lowest BCUT2D eigenvalue weighted by Gasteiger charge is -2.12. The second-order valence-corrected chi connectivity index (χ2v) is 9.15. The van der Waals surface area contributed by atoms with Gasteiger partial charge in [0, 0.05) is 11.8 Å². The number of anilines is 1. The SMILES string of the molecule is Cc1cnc(NC(=O)/C(=C/C2CC(F)C(F)C2)c2ccc(S(C)(=O)=O)cc2)cn1. The Labute approximate surface area is 168 Å². The van der Waals surface area contributed by atoms with Crippen LogP contribution >= 0.6 is 0 Å². The van der Waals surface area contributed by atoms with Gasteiger partial charge in [-0.05, 0) is 43.4 Å². The van der Waals surface area contributed by atoms with Crippen LogP contribution in [0.1, 0.15) is 24.1 Å². The zero-order valence-electron chi connectivity index (χ0n) is 16.0. The first-order valence-electron chi connectivity index (χ1n) is 9.04. The minimum absolute atomic E-state index is 0.0102. The highest BCUT2D eigenvalue weighted by Gasteiger charge is 2.34. The first kappa shape index (κ1) is 21.0. The number of halogens is 2. The van der Waals surface area contributed by atoms with E-state index in [4.69, 9.17) is 0 Å². The van der Waals surface area contributed by atoms with Crippen molar-refractivity contribution >= 4 is 27.1 Å². The molecule has 154 valence electrons. The first-order valence-corrected chi connectivity index (χ1v) is 10.9. The summed E-state index contributed by atoms with van der Waals surface area (Å²) in [6.07, 6.45) is 2.39. The molecule has 3 rings (SSSR count). The van der Waals surface area contributed by atoms with Gasteiger partial charge in [-0.25, -0.2) is 22.2 Å². The molecule has 2 aromatic rings. The molecule has 0 radical (unpaired) electrons. The molecule has 0 saturated heterocycles. The van der Waals surface area contributed by atoms with Crippen molar-refractivity contribution in [3.8, 4) is 0 Å². The number of carbonyl (C=O) groups is 1. The normalized spacial score (nSPS) is 22.5. The van der Waals surface area contributed by atoms with Gasteiger partial charge in [0.2, 0.25) is 0 Å². The molecule has 2 unspecified atom stereocenters. The van der Waals surface area contributed by atoms with E-state index in [1.165, 1.54) is 36.7 Å². The molecule has 1 aliphatic carbocycles. The first-order chi connectivity index (χ1) is 13.6. The van der Waals surface area contributed by atoms with Crippen LogP contribution in [0.15, 0.2) is 47.6 Å². The van der Waals surface area contributed by atoms with Crippen molar-refractivity contribution in [3.63, 3.8) is 0 Å². The third-order valence-electron chi connectivity index (χ3n) is 4.71. The summed E-state index contributed by atoms with van der Waals surface area (Å²) in [6.45, 7) is 1.76. The van der Waals surface area contributed by atoms with Gasteiger partial charge in [0.1, 0.15) is 12.3 Å². The van der Waals surface area contributed by atoms with Crippen molar-refractivity contribution in [2.24, 2.45) is 5.92 Å². The number of allylic oxidation sites excluding steroid dienone is 1. The molecule has 6 nitrogen and oxygen atoms in total. The summed E-state index contributed by atoms with van der Waals surface area (Å²) < 4.78 is 50.6. The van der Waals surface area contributed by atoms with Crippen LogP contribution < -0.4 is 5.32 Å². The topological polar surface area (TPSA) is 89.0 Å². The Morgan fingerprint density at radius 1 is 1.10 bits per heavy atom. The number of sulfone groups is 1. The average Bonchev–Trinajstić information content (AvgIpc) is 2.98. The molecule has 1 N–H and O–H groups in total. The van der Waals surface area contributed by atoms with Crippen molar-refractivity contribution in [2.75, 3.05) is 11.6 Å². The second kappa shape index (κ2) is 8.36. The molecule has 0 bridgehead atoms. The summed E-state index contributed by atoms with van der Waals surface area (Å²) in [4.78, 5) is 21.1. The fourth-order valence-corrected chi connectivity index (χ4v) is 3.80. The fraction of sp³-hybridized carbons (Fsp3) is 0.350. The van der Waals surface area contributed by atoms with Crippen molar-refractivity contribution in [2.45, 2.75) is 37.0 Å². The van der Waals surface area contributed by atoms with Crippen LogP contribution in [0.3, 0.4) is 0 Å². The van der Waals surface area contributed by atoms with E-state index in [-0.39, 0.29) is 29.1 Å². The van der Waals surface area contributed by atoms with Gasteiger partial charge in [0.15, 0.2) is 15.7 Å². The minimum Gasteiger partial charge on any atom is -0.305 e. The third kappa shape index (κ3) is 5.23. The van der Waals surface area contributed by atoms with Crippen molar-refractivity contribution < 1.29 is 22.0 Å².